The molecule has 0 amide bonds. The van der Waals surface area contributed by atoms with Crippen molar-refractivity contribution in [1.29, 1.82) is 0 Å². The van der Waals surface area contributed by atoms with Crippen molar-refractivity contribution < 1.29 is 4.39 Å². The van der Waals surface area contributed by atoms with E-state index in [0.29, 0.717) is 11.3 Å². The molecule has 1 unspecified atom stereocenters. The van der Waals surface area contributed by atoms with Crippen molar-refractivity contribution in [2.75, 3.05) is 6.54 Å². The first-order valence-corrected chi connectivity index (χ1v) is 9.59. The third-order valence-electron chi connectivity index (χ3n) is 5.55. The van der Waals surface area contributed by atoms with E-state index in [-0.39, 0.29) is 11.7 Å². The lowest BCUT2D eigenvalue weighted by Gasteiger charge is -2.20. The number of hydrogen-bond donors (Lipinski definition) is 1. The first-order valence-electron chi connectivity index (χ1n) is 9.59. The van der Waals surface area contributed by atoms with Gasteiger partial charge in [-0.1, -0.05) is 42.5 Å². The van der Waals surface area contributed by atoms with Crippen LogP contribution in [0.3, 0.4) is 0 Å². The van der Waals surface area contributed by atoms with Gasteiger partial charge in [0.15, 0.2) is 0 Å². The Hall–Kier alpha value is -3.11. The van der Waals surface area contributed by atoms with Crippen molar-refractivity contribution in [3.05, 3.63) is 95.4 Å². The second-order valence-electron chi connectivity index (χ2n) is 7.26. The smallest absolute Gasteiger partial charge is 0.132 e. The molecule has 5 rings (SSSR count). The Morgan fingerprint density at radius 3 is 2.68 bits per heavy atom. The zero-order valence-electron chi connectivity index (χ0n) is 15.4. The van der Waals surface area contributed by atoms with E-state index >= 15 is 4.39 Å². The number of halogens is 1. The highest BCUT2D eigenvalue weighted by molar-refractivity contribution is 5.83. The van der Waals surface area contributed by atoms with Crippen molar-refractivity contribution in [2.24, 2.45) is 0 Å². The monoisotopic (exact) mass is 369 g/mol. The van der Waals surface area contributed by atoms with Crippen LogP contribution in [0.25, 0.3) is 22.0 Å². The fourth-order valence-electron chi connectivity index (χ4n) is 4.15. The predicted molar refractivity (Wildman–Crippen MR) is 110 cm³/mol. The van der Waals surface area contributed by atoms with Crippen molar-refractivity contribution in [2.45, 2.75) is 18.9 Å². The molecule has 0 spiro atoms. The molecule has 0 fully saturated rings. The zero-order chi connectivity index (χ0) is 18.9. The Morgan fingerprint density at radius 2 is 1.82 bits per heavy atom. The predicted octanol–water partition coefficient (Wildman–Crippen LogP) is 5.06. The van der Waals surface area contributed by atoms with Crippen LogP contribution in [-0.4, -0.2) is 16.7 Å². The minimum absolute atomic E-state index is 0.167. The number of hydrogen-bond acceptors (Lipinski definition) is 3. The number of aromatic nitrogens is 2. The van der Waals surface area contributed by atoms with Crippen LogP contribution >= 0.6 is 0 Å². The van der Waals surface area contributed by atoms with Gasteiger partial charge in [-0.05, 0) is 64.7 Å². The summed E-state index contributed by atoms with van der Waals surface area (Å²) in [6.07, 6.45) is 2.54. The fourth-order valence-corrected chi connectivity index (χ4v) is 4.15. The molecule has 4 aromatic rings. The molecule has 0 bridgehead atoms. The van der Waals surface area contributed by atoms with Gasteiger partial charge in [0, 0.05) is 24.2 Å². The minimum atomic E-state index is -0.244. The number of rotatable bonds is 2. The normalized spacial score (nSPS) is 16.5. The summed E-state index contributed by atoms with van der Waals surface area (Å²) >= 11 is 0. The highest BCUT2D eigenvalue weighted by atomic mass is 19.1. The molecule has 0 saturated carbocycles. The molecule has 138 valence electrons. The number of benzene rings is 3. The van der Waals surface area contributed by atoms with Crippen LogP contribution in [0.2, 0.25) is 0 Å². The van der Waals surface area contributed by atoms with Gasteiger partial charge < -0.3 is 5.32 Å². The van der Waals surface area contributed by atoms with E-state index in [2.05, 4.69) is 58.0 Å². The standard InChI is InChI=1S/C24H20FN3/c25-23-14-21-19(13-22(23)24-6-3-10-27-28-24)15-26-11-9-20(21)18-8-7-16-4-1-2-5-17(16)12-18/h1-8,10,12-14,20,26H,9,11,15H2. The lowest BCUT2D eigenvalue weighted by atomic mass is 9.84. The Morgan fingerprint density at radius 1 is 0.929 bits per heavy atom. The molecule has 1 aliphatic rings. The summed E-state index contributed by atoms with van der Waals surface area (Å²) < 4.78 is 15.0. The topological polar surface area (TPSA) is 37.8 Å². The van der Waals surface area contributed by atoms with Gasteiger partial charge in [0.2, 0.25) is 0 Å². The fraction of sp³-hybridized carbons (Fsp3) is 0.167. The summed E-state index contributed by atoms with van der Waals surface area (Å²) in [5, 5.41) is 13.9. The molecule has 4 heteroatoms. The lowest BCUT2D eigenvalue weighted by molar-refractivity contribution is 0.622. The van der Waals surface area contributed by atoms with E-state index in [1.807, 2.05) is 6.07 Å². The average Bonchev–Trinajstić information content (AvgIpc) is 2.95. The highest BCUT2D eigenvalue weighted by Crippen LogP contribution is 2.36. The van der Waals surface area contributed by atoms with Gasteiger partial charge in [0.25, 0.3) is 0 Å². The van der Waals surface area contributed by atoms with E-state index in [1.165, 1.54) is 16.3 Å². The summed E-state index contributed by atoms with van der Waals surface area (Å²) in [5.41, 5.74) is 4.49. The minimum Gasteiger partial charge on any atom is -0.313 e. The van der Waals surface area contributed by atoms with Crippen LogP contribution in [0.15, 0.2) is 72.9 Å². The maximum absolute atomic E-state index is 15.0. The van der Waals surface area contributed by atoms with Gasteiger partial charge in [-0.3, -0.25) is 0 Å². The van der Waals surface area contributed by atoms with E-state index < -0.39 is 0 Å². The largest absolute Gasteiger partial charge is 0.313 e. The van der Waals surface area contributed by atoms with Gasteiger partial charge in [-0.25, -0.2) is 4.39 Å². The summed E-state index contributed by atoms with van der Waals surface area (Å²) in [5.74, 6) is -0.0769. The van der Waals surface area contributed by atoms with Crippen LogP contribution in [-0.2, 0) is 6.54 Å². The van der Waals surface area contributed by atoms with Gasteiger partial charge in [-0.15, -0.1) is 0 Å². The zero-order valence-corrected chi connectivity index (χ0v) is 15.4. The molecule has 1 aromatic heterocycles. The van der Waals surface area contributed by atoms with Gasteiger partial charge in [-0.2, -0.15) is 10.2 Å². The van der Waals surface area contributed by atoms with Crippen molar-refractivity contribution >= 4 is 10.8 Å². The van der Waals surface area contributed by atoms with Crippen molar-refractivity contribution in [3.8, 4) is 11.3 Å². The molecule has 1 N–H and O–H groups in total. The summed E-state index contributed by atoms with van der Waals surface area (Å²) in [6, 6.07) is 22.1. The number of nitrogens with zero attached hydrogens (tertiary/aromatic N) is 2. The molecule has 1 atom stereocenters. The van der Waals surface area contributed by atoms with Gasteiger partial charge in [0.1, 0.15) is 5.82 Å². The first-order chi connectivity index (χ1) is 13.8. The molecule has 0 radical (unpaired) electrons. The molecular formula is C24H20FN3. The number of nitrogens with one attached hydrogen (secondary N) is 1. The molecule has 28 heavy (non-hydrogen) atoms. The van der Waals surface area contributed by atoms with E-state index in [1.54, 1.807) is 24.4 Å². The van der Waals surface area contributed by atoms with Crippen LogP contribution in [0.4, 0.5) is 4.39 Å². The van der Waals surface area contributed by atoms with Crippen molar-refractivity contribution in [3.63, 3.8) is 0 Å². The lowest BCUT2D eigenvalue weighted by Crippen LogP contribution is -2.12. The number of fused-ring (bicyclic) bond motifs is 2. The molecule has 1 aliphatic heterocycles. The van der Waals surface area contributed by atoms with Crippen LogP contribution in [0.1, 0.15) is 29.0 Å². The van der Waals surface area contributed by atoms with Gasteiger partial charge in [0.05, 0.1) is 5.69 Å². The van der Waals surface area contributed by atoms with Crippen LogP contribution < -0.4 is 5.32 Å². The van der Waals surface area contributed by atoms with Crippen LogP contribution in [0.5, 0.6) is 0 Å². The molecule has 0 aliphatic carbocycles. The Balaban J connectivity index is 1.63. The maximum atomic E-state index is 15.0. The first kappa shape index (κ1) is 17.0. The SMILES string of the molecule is Fc1cc2c(cc1-c1cccnn1)CNCCC2c1ccc2ccccc2c1. The molecule has 2 heterocycles. The maximum Gasteiger partial charge on any atom is 0.132 e. The summed E-state index contributed by atoms with van der Waals surface area (Å²) in [4.78, 5) is 0. The third kappa shape index (κ3) is 3.06. The van der Waals surface area contributed by atoms with Crippen molar-refractivity contribution in [1.82, 2.24) is 15.5 Å². The van der Waals surface area contributed by atoms with E-state index in [9.17, 15) is 0 Å². The second-order valence-corrected chi connectivity index (χ2v) is 7.26. The molecule has 3 nitrogen and oxygen atoms in total. The van der Waals surface area contributed by atoms with Crippen LogP contribution in [0, 0.1) is 5.82 Å². The molecule has 3 aromatic carbocycles. The Labute approximate surface area is 163 Å². The Kier molecular flexibility index (Phi) is 4.34. The summed E-state index contributed by atoms with van der Waals surface area (Å²) in [7, 11) is 0. The quantitative estimate of drug-likeness (QED) is 0.537. The van der Waals surface area contributed by atoms with Gasteiger partial charge >= 0.3 is 0 Å². The van der Waals surface area contributed by atoms with E-state index in [0.717, 1.165) is 30.6 Å². The molecular weight excluding hydrogens is 349 g/mol. The Bertz CT molecular complexity index is 1140. The highest BCUT2D eigenvalue weighted by Gasteiger charge is 2.23. The third-order valence-corrected chi connectivity index (χ3v) is 5.55. The van der Waals surface area contributed by atoms with E-state index in [4.69, 9.17) is 0 Å². The molecule has 0 saturated heterocycles. The second kappa shape index (κ2) is 7.13. The summed E-state index contributed by atoms with van der Waals surface area (Å²) in [6.45, 7) is 1.63. The average molecular weight is 369 g/mol.